The summed E-state index contributed by atoms with van der Waals surface area (Å²) < 4.78 is 5.50. The number of aliphatic hydroxyl groups excluding tert-OH is 2. The first kappa shape index (κ1) is 71.3. The summed E-state index contributed by atoms with van der Waals surface area (Å²) in [5, 5.41) is 23.2. The molecule has 6 heteroatoms. The number of esters is 1. The summed E-state index contributed by atoms with van der Waals surface area (Å²) in [5.41, 5.74) is 0. The van der Waals surface area contributed by atoms with Crippen molar-refractivity contribution in [3.8, 4) is 0 Å². The van der Waals surface area contributed by atoms with Gasteiger partial charge in [-0.3, -0.25) is 9.59 Å². The van der Waals surface area contributed by atoms with Crippen molar-refractivity contribution < 1.29 is 24.5 Å². The van der Waals surface area contributed by atoms with Crippen molar-refractivity contribution in [2.24, 2.45) is 0 Å². The first-order valence-electron chi connectivity index (χ1n) is 33.1. The molecule has 0 aromatic rings. The Balaban J connectivity index is 3.41. The van der Waals surface area contributed by atoms with Gasteiger partial charge in [0.2, 0.25) is 5.91 Å². The minimum absolute atomic E-state index is 0.00686. The number of unbranched alkanes of at least 4 members (excludes halogenated alkanes) is 49. The van der Waals surface area contributed by atoms with E-state index in [1.54, 1.807) is 6.08 Å². The lowest BCUT2D eigenvalue weighted by Crippen LogP contribution is -2.45. The molecule has 2 atom stereocenters. The lowest BCUT2D eigenvalue weighted by Gasteiger charge is -2.20. The van der Waals surface area contributed by atoms with Crippen molar-refractivity contribution in [2.75, 3.05) is 13.2 Å². The molecule has 3 N–H and O–H groups in total. The first-order valence-corrected chi connectivity index (χ1v) is 33.1. The van der Waals surface area contributed by atoms with Crippen LogP contribution in [0, 0.1) is 0 Å². The molecule has 0 fully saturated rings. The Kier molecular flexibility index (Phi) is 61.4. The molecule has 0 radical (unpaired) electrons. The quantitative estimate of drug-likeness (QED) is 0.0320. The second-order valence-corrected chi connectivity index (χ2v) is 22.8. The highest BCUT2D eigenvalue weighted by Crippen LogP contribution is 2.18. The number of allylic oxidation sites excluding steroid dienone is 3. The van der Waals surface area contributed by atoms with Crippen molar-refractivity contribution in [3.63, 3.8) is 0 Å². The number of carbonyl (C=O) groups is 2. The molecular formula is C67H129NO5. The van der Waals surface area contributed by atoms with E-state index >= 15 is 0 Å². The molecule has 0 aromatic carbocycles. The summed E-state index contributed by atoms with van der Waals surface area (Å²) >= 11 is 0. The standard InChI is InChI=1S/C67H129NO5/c1-3-5-7-9-11-13-15-17-19-21-23-27-31-35-39-43-47-51-55-59-65(70)64(63-69)68-66(71)60-56-52-48-44-40-36-32-28-25-26-30-34-38-42-46-50-54-58-62-73-67(72)61-57-53-49-45-41-37-33-29-24-22-20-18-16-14-12-10-8-6-4-2/h18,20,55,59,64-65,69-70H,3-17,19,21-54,56-58,60-63H2,1-2H3,(H,68,71)/b20-18-,59-55+. The average molecular weight is 1030 g/mol. The predicted octanol–water partition coefficient (Wildman–Crippen LogP) is 21.0. The van der Waals surface area contributed by atoms with Gasteiger partial charge in [0.15, 0.2) is 0 Å². The Morgan fingerprint density at radius 1 is 0.370 bits per heavy atom. The molecule has 73 heavy (non-hydrogen) atoms. The van der Waals surface area contributed by atoms with Crippen molar-refractivity contribution in [1.29, 1.82) is 0 Å². The zero-order valence-corrected chi connectivity index (χ0v) is 49.4. The fraction of sp³-hybridized carbons (Fsp3) is 0.910. The minimum atomic E-state index is -0.848. The van der Waals surface area contributed by atoms with Crippen molar-refractivity contribution in [2.45, 2.75) is 379 Å². The van der Waals surface area contributed by atoms with Crippen LogP contribution in [0.2, 0.25) is 0 Å². The lowest BCUT2D eigenvalue weighted by molar-refractivity contribution is -0.143. The number of rotatable bonds is 62. The van der Waals surface area contributed by atoms with Gasteiger partial charge in [-0.25, -0.2) is 0 Å². The number of nitrogens with one attached hydrogen (secondary N) is 1. The Labute approximate surface area is 456 Å². The van der Waals surface area contributed by atoms with Crippen LogP contribution in [0.3, 0.4) is 0 Å². The molecular weight excluding hydrogens is 899 g/mol. The van der Waals surface area contributed by atoms with Gasteiger partial charge in [-0.15, -0.1) is 0 Å². The molecule has 1 amide bonds. The molecule has 0 aromatic heterocycles. The molecule has 0 heterocycles. The minimum Gasteiger partial charge on any atom is -0.466 e. The normalized spacial score (nSPS) is 12.7. The summed E-state index contributed by atoms with van der Waals surface area (Å²) in [4.78, 5) is 24.6. The third-order valence-electron chi connectivity index (χ3n) is 15.5. The van der Waals surface area contributed by atoms with Crippen molar-refractivity contribution >= 4 is 11.9 Å². The number of amides is 1. The van der Waals surface area contributed by atoms with Gasteiger partial charge >= 0.3 is 5.97 Å². The molecule has 0 saturated heterocycles. The van der Waals surface area contributed by atoms with Crippen LogP contribution in [-0.4, -0.2) is 47.4 Å². The van der Waals surface area contributed by atoms with Gasteiger partial charge in [0.05, 0.1) is 25.4 Å². The maximum atomic E-state index is 12.5. The van der Waals surface area contributed by atoms with Crippen LogP contribution < -0.4 is 5.32 Å². The highest BCUT2D eigenvalue weighted by Gasteiger charge is 2.18. The Morgan fingerprint density at radius 3 is 0.973 bits per heavy atom. The van der Waals surface area contributed by atoms with Gasteiger partial charge in [0, 0.05) is 12.8 Å². The Bertz CT molecular complexity index is 1140. The van der Waals surface area contributed by atoms with Crippen LogP contribution in [0.1, 0.15) is 367 Å². The number of aliphatic hydroxyl groups is 2. The molecule has 0 aliphatic carbocycles. The van der Waals surface area contributed by atoms with Crippen LogP contribution in [0.15, 0.2) is 24.3 Å². The van der Waals surface area contributed by atoms with E-state index in [2.05, 4.69) is 31.3 Å². The number of hydrogen-bond donors (Lipinski definition) is 3. The second-order valence-electron chi connectivity index (χ2n) is 22.8. The van der Waals surface area contributed by atoms with E-state index in [1.165, 1.54) is 295 Å². The zero-order chi connectivity index (χ0) is 52.9. The molecule has 0 spiro atoms. The van der Waals surface area contributed by atoms with E-state index < -0.39 is 12.1 Å². The van der Waals surface area contributed by atoms with Crippen LogP contribution in [-0.2, 0) is 14.3 Å². The zero-order valence-electron chi connectivity index (χ0n) is 49.4. The smallest absolute Gasteiger partial charge is 0.305 e. The molecule has 6 nitrogen and oxygen atoms in total. The largest absolute Gasteiger partial charge is 0.466 e. The maximum absolute atomic E-state index is 12.5. The van der Waals surface area contributed by atoms with Crippen LogP contribution in [0.25, 0.3) is 0 Å². The number of carbonyl (C=O) groups excluding carboxylic acids is 2. The lowest BCUT2D eigenvalue weighted by atomic mass is 10.0. The van der Waals surface area contributed by atoms with Crippen LogP contribution in [0.5, 0.6) is 0 Å². The van der Waals surface area contributed by atoms with Gasteiger partial charge in [0.1, 0.15) is 0 Å². The van der Waals surface area contributed by atoms with E-state index in [4.69, 9.17) is 4.74 Å². The van der Waals surface area contributed by atoms with Gasteiger partial charge in [0.25, 0.3) is 0 Å². The van der Waals surface area contributed by atoms with Crippen molar-refractivity contribution in [3.05, 3.63) is 24.3 Å². The predicted molar refractivity (Wildman–Crippen MR) is 320 cm³/mol. The van der Waals surface area contributed by atoms with E-state index in [9.17, 15) is 19.8 Å². The Hall–Kier alpha value is -1.66. The van der Waals surface area contributed by atoms with E-state index in [-0.39, 0.29) is 18.5 Å². The molecule has 432 valence electrons. The van der Waals surface area contributed by atoms with Gasteiger partial charge < -0.3 is 20.3 Å². The maximum Gasteiger partial charge on any atom is 0.305 e. The topological polar surface area (TPSA) is 95.9 Å². The summed E-state index contributed by atoms with van der Waals surface area (Å²) in [5.74, 6) is -0.0619. The summed E-state index contributed by atoms with van der Waals surface area (Å²) in [6.45, 7) is 4.92. The molecule has 0 aliphatic heterocycles. The van der Waals surface area contributed by atoms with Crippen molar-refractivity contribution in [1.82, 2.24) is 5.32 Å². The first-order chi connectivity index (χ1) is 36.0. The fourth-order valence-electron chi connectivity index (χ4n) is 10.4. The highest BCUT2D eigenvalue weighted by atomic mass is 16.5. The van der Waals surface area contributed by atoms with Gasteiger partial charge in [-0.2, -0.15) is 0 Å². The highest BCUT2D eigenvalue weighted by molar-refractivity contribution is 5.76. The molecule has 0 bridgehead atoms. The van der Waals surface area contributed by atoms with E-state index in [1.807, 2.05) is 6.08 Å². The average Bonchev–Trinajstić information content (AvgIpc) is 3.39. The third kappa shape index (κ3) is 59.4. The molecule has 0 saturated carbocycles. The summed E-state index contributed by atoms with van der Waals surface area (Å²) in [7, 11) is 0. The molecule has 0 aliphatic rings. The van der Waals surface area contributed by atoms with E-state index in [0.717, 1.165) is 44.9 Å². The fourth-order valence-corrected chi connectivity index (χ4v) is 10.4. The summed E-state index contributed by atoms with van der Waals surface area (Å²) in [6, 6.07) is -0.632. The number of ether oxygens (including phenoxy) is 1. The molecule has 0 rings (SSSR count). The van der Waals surface area contributed by atoms with Gasteiger partial charge in [-0.05, 0) is 57.8 Å². The third-order valence-corrected chi connectivity index (χ3v) is 15.5. The second kappa shape index (κ2) is 62.9. The van der Waals surface area contributed by atoms with Crippen LogP contribution >= 0.6 is 0 Å². The van der Waals surface area contributed by atoms with E-state index in [0.29, 0.717) is 19.4 Å². The van der Waals surface area contributed by atoms with Crippen LogP contribution in [0.4, 0.5) is 0 Å². The van der Waals surface area contributed by atoms with Gasteiger partial charge in [-0.1, -0.05) is 321 Å². The molecule has 2 unspecified atom stereocenters. The monoisotopic (exact) mass is 1030 g/mol. The SMILES string of the molecule is CCCCCCCC/C=C\CCCCCCCCCCCC(=O)OCCCCCCCCCCCCCCCCCCCCC(=O)NC(CO)C(O)/C=C/CCCCCCCCCCCCCCCCCCC. The summed E-state index contributed by atoms with van der Waals surface area (Å²) in [6.07, 6.45) is 78.0. The number of hydrogen-bond acceptors (Lipinski definition) is 5. The Morgan fingerprint density at radius 2 is 0.644 bits per heavy atom.